The highest BCUT2D eigenvalue weighted by Gasteiger charge is 2.11. The Morgan fingerprint density at radius 2 is 1.85 bits per heavy atom. The van der Waals surface area contributed by atoms with E-state index in [1.165, 1.54) is 16.2 Å². The minimum atomic E-state index is -0.417. The van der Waals surface area contributed by atoms with E-state index in [-0.39, 0.29) is 17.7 Å². The predicted octanol–water partition coefficient (Wildman–Crippen LogP) is 4.48. The van der Waals surface area contributed by atoms with Crippen molar-refractivity contribution in [3.8, 4) is 0 Å². The van der Waals surface area contributed by atoms with Crippen molar-refractivity contribution in [1.29, 1.82) is 0 Å². The minimum absolute atomic E-state index is 0.0987. The fourth-order valence-electron chi connectivity index (χ4n) is 4.37. The zero-order valence-electron chi connectivity index (χ0n) is 23.0. The van der Waals surface area contributed by atoms with Gasteiger partial charge in [-0.25, -0.2) is 9.97 Å². The molecular formula is C32H31N7O2. The minimum Gasteiger partial charge on any atom is -0.348 e. The lowest BCUT2D eigenvalue weighted by atomic mass is 10.1. The van der Waals surface area contributed by atoms with Crippen LogP contribution >= 0.6 is 0 Å². The molecule has 5 rings (SSSR count). The number of fused-ring (bicyclic) bond motifs is 1. The molecule has 0 unspecified atom stereocenters. The first-order valence-electron chi connectivity index (χ1n) is 13.3. The van der Waals surface area contributed by atoms with E-state index in [1.54, 1.807) is 30.9 Å². The first kappa shape index (κ1) is 27.4. The van der Waals surface area contributed by atoms with Crippen LogP contribution in [0.4, 0.5) is 11.6 Å². The monoisotopic (exact) mass is 545 g/mol. The van der Waals surface area contributed by atoms with Gasteiger partial charge in [0.1, 0.15) is 5.56 Å². The van der Waals surface area contributed by atoms with Gasteiger partial charge in [0, 0.05) is 49.0 Å². The lowest BCUT2D eigenvalue weighted by Gasteiger charge is -2.11. The summed E-state index contributed by atoms with van der Waals surface area (Å²) in [5.41, 5.74) is 4.57. The zero-order valence-corrected chi connectivity index (χ0v) is 23.0. The summed E-state index contributed by atoms with van der Waals surface area (Å²) in [4.78, 5) is 40.8. The van der Waals surface area contributed by atoms with Crippen molar-refractivity contribution in [2.24, 2.45) is 0 Å². The van der Waals surface area contributed by atoms with E-state index in [4.69, 9.17) is 0 Å². The third-order valence-corrected chi connectivity index (χ3v) is 6.34. The average Bonchev–Trinajstić information content (AvgIpc) is 2.97. The van der Waals surface area contributed by atoms with Crippen molar-refractivity contribution < 1.29 is 4.79 Å². The highest BCUT2D eigenvalue weighted by atomic mass is 16.2. The Morgan fingerprint density at radius 3 is 2.63 bits per heavy atom. The fraction of sp³-hybridized carbons (Fsp3) is 0.156. The summed E-state index contributed by atoms with van der Waals surface area (Å²) in [6.07, 6.45) is 10.6. The summed E-state index contributed by atoms with van der Waals surface area (Å²) in [5.74, 6) is 0.115. The molecular weight excluding hydrogens is 514 g/mol. The molecule has 3 aromatic heterocycles. The van der Waals surface area contributed by atoms with Gasteiger partial charge in [0.15, 0.2) is 0 Å². The van der Waals surface area contributed by atoms with Gasteiger partial charge < -0.3 is 20.1 Å². The molecule has 0 aliphatic rings. The van der Waals surface area contributed by atoms with Crippen molar-refractivity contribution >= 4 is 34.5 Å². The Bertz CT molecular complexity index is 1730. The number of amides is 1. The molecule has 2 N–H and O–H groups in total. The highest BCUT2D eigenvalue weighted by Crippen LogP contribution is 2.19. The molecule has 0 fully saturated rings. The second kappa shape index (κ2) is 12.8. The van der Waals surface area contributed by atoms with Gasteiger partial charge in [-0.05, 0) is 73.3 Å². The van der Waals surface area contributed by atoms with Gasteiger partial charge >= 0.3 is 0 Å². The van der Waals surface area contributed by atoms with Crippen LogP contribution in [0.5, 0.6) is 0 Å². The van der Waals surface area contributed by atoms with E-state index in [1.807, 2.05) is 68.7 Å². The SMILES string of the molecule is CN(C)Cc1ccc(Nc2ncc3cc(/C=C/CNC(=O)c4cccn(Cc5cccnc5)c4=O)ccc3n2)cc1. The number of carbonyl (C=O) groups is 1. The summed E-state index contributed by atoms with van der Waals surface area (Å²) in [6, 6.07) is 21.0. The van der Waals surface area contributed by atoms with Crippen LogP contribution in [-0.4, -0.2) is 51.0 Å². The number of pyridine rings is 2. The fourth-order valence-corrected chi connectivity index (χ4v) is 4.37. The van der Waals surface area contributed by atoms with Crippen molar-refractivity contribution in [2.75, 3.05) is 26.0 Å². The summed E-state index contributed by atoms with van der Waals surface area (Å²) < 4.78 is 1.50. The number of rotatable bonds is 10. The maximum Gasteiger partial charge on any atom is 0.263 e. The number of aromatic nitrogens is 4. The van der Waals surface area contributed by atoms with Crippen molar-refractivity contribution in [1.82, 2.24) is 29.7 Å². The summed E-state index contributed by atoms with van der Waals surface area (Å²) >= 11 is 0. The van der Waals surface area contributed by atoms with Gasteiger partial charge in [0.25, 0.3) is 11.5 Å². The first-order valence-corrected chi connectivity index (χ1v) is 13.3. The Balaban J connectivity index is 1.17. The van der Waals surface area contributed by atoms with E-state index in [2.05, 4.69) is 42.6 Å². The van der Waals surface area contributed by atoms with Crippen molar-refractivity contribution in [3.05, 3.63) is 130 Å². The topological polar surface area (TPSA) is 105 Å². The molecule has 0 bridgehead atoms. The number of nitrogens with one attached hydrogen (secondary N) is 2. The third-order valence-electron chi connectivity index (χ3n) is 6.34. The first-order chi connectivity index (χ1) is 19.9. The molecule has 1 amide bonds. The normalized spacial score (nSPS) is 11.3. The molecule has 0 spiro atoms. The van der Waals surface area contributed by atoms with Crippen LogP contribution in [0.3, 0.4) is 0 Å². The molecule has 0 saturated carbocycles. The van der Waals surface area contributed by atoms with Crippen LogP contribution in [0.25, 0.3) is 17.0 Å². The van der Waals surface area contributed by atoms with Gasteiger partial charge in [-0.3, -0.25) is 14.6 Å². The van der Waals surface area contributed by atoms with Crippen molar-refractivity contribution in [2.45, 2.75) is 13.1 Å². The molecule has 0 saturated heterocycles. The summed E-state index contributed by atoms with van der Waals surface area (Å²) in [5, 5.41) is 6.96. The second-order valence-corrected chi connectivity index (χ2v) is 9.90. The molecule has 2 aromatic carbocycles. The third kappa shape index (κ3) is 7.28. The lowest BCUT2D eigenvalue weighted by Crippen LogP contribution is -2.33. The molecule has 5 aromatic rings. The molecule has 9 heteroatoms. The van der Waals surface area contributed by atoms with Crippen LogP contribution in [0.15, 0.2) is 102 Å². The van der Waals surface area contributed by atoms with E-state index in [9.17, 15) is 9.59 Å². The van der Waals surface area contributed by atoms with E-state index in [0.29, 0.717) is 12.5 Å². The Morgan fingerprint density at radius 1 is 1.00 bits per heavy atom. The van der Waals surface area contributed by atoms with Gasteiger partial charge in [-0.2, -0.15) is 0 Å². The Labute approximate surface area is 238 Å². The van der Waals surface area contributed by atoms with Crippen LogP contribution in [0, 0.1) is 0 Å². The second-order valence-electron chi connectivity index (χ2n) is 9.90. The van der Waals surface area contributed by atoms with Crippen LogP contribution in [-0.2, 0) is 13.1 Å². The Kier molecular flexibility index (Phi) is 8.56. The number of hydrogen-bond acceptors (Lipinski definition) is 7. The molecule has 41 heavy (non-hydrogen) atoms. The van der Waals surface area contributed by atoms with Crippen molar-refractivity contribution in [3.63, 3.8) is 0 Å². The number of hydrogen-bond donors (Lipinski definition) is 2. The molecule has 9 nitrogen and oxygen atoms in total. The van der Waals surface area contributed by atoms with E-state index >= 15 is 0 Å². The number of nitrogens with zero attached hydrogens (tertiary/aromatic N) is 5. The summed E-state index contributed by atoms with van der Waals surface area (Å²) in [7, 11) is 4.09. The maximum atomic E-state index is 12.8. The standard InChI is InChI=1S/C32H31N7O2/c1-38(2)21-24-9-12-27(13-10-24)36-32-35-20-26-18-23(11-14-29(26)37-32)6-4-16-34-30(40)28-8-5-17-39(31(28)41)22-25-7-3-15-33-19-25/h3-15,17-20H,16,21-22H2,1-2H3,(H,34,40)(H,35,36,37)/b6-4+. The molecule has 0 radical (unpaired) electrons. The smallest absolute Gasteiger partial charge is 0.263 e. The van der Waals surface area contributed by atoms with Gasteiger partial charge in [0.2, 0.25) is 5.95 Å². The maximum absolute atomic E-state index is 12.8. The summed E-state index contributed by atoms with van der Waals surface area (Å²) in [6.45, 7) is 1.51. The molecule has 0 aliphatic carbocycles. The van der Waals surface area contributed by atoms with Gasteiger partial charge in [-0.15, -0.1) is 0 Å². The largest absolute Gasteiger partial charge is 0.348 e. The molecule has 3 heterocycles. The van der Waals surface area contributed by atoms with E-state index < -0.39 is 5.91 Å². The number of anilines is 2. The Hall–Kier alpha value is -5.15. The van der Waals surface area contributed by atoms with Crippen LogP contribution in [0.1, 0.15) is 27.0 Å². The molecule has 206 valence electrons. The zero-order chi connectivity index (χ0) is 28.6. The van der Waals surface area contributed by atoms with Crippen LogP contribution in [0.2, 0.25) is 0 Å². The number of benzene rings is 2. The quantitative estimate of drug-likeness (QED) is 0.267. The van der Waals surface area contributed by atoms with Crippen LogP contribution < -0.4 is 16.2 Å². The molecule has 0 aliphatic heterocycles. The highest BCUT2D eigenvalue weighted by molar-refractivity contribution is 5.94. The lowest BCUT2D eigenvalue weighted by molar-refractivity contribution is 0.0956. The van der Waals surface area contributed by atoms with Gasteiger partial charge in [-0.1, -0.05) is 36.4 Å². The average molecular weight is 546 g/mol. The number of carbonyl (C=O) groups excluding carboxylic acids is 1. The van der Waals surface area contributed by atoms with Gasteiger partial charge in [0.05, 0.1) is 12.1 Å². The molecule has 0 atom stereocenters. The predicted molar refractivity (Wildman–Crippen MR) is 162 cm³/mol. The van der Waals surface area contributed by atoms with E-state index in [0.717, 1.165) is 34.3 Å².